The molecule has 2 atom stereocenters. The van der Waals surface area contributed by atoms with Crippen molar-refractivity contribution in [1.29, 1.82) is 0 Å². The van der Waals surface area contributed by atoms with Gasteiger partial charge in [-0.15, -0.1) is 0 Å². The fourth-order valence-electron chi connectivity index (χ4n) is 2.52. The Hall–Kier alpha value is -1.06. The van der Waals surface area contributed by atoms with Crippen molar-refractivity contribution in [3.05, 3.63) is 0 Å². The predicted octanol–water partition coefficient (Wildman–Crippen LogP) is 4.33. The summed E-state index contributed by atoms with van der Waals surface area (Å²) in [5.41, 5.74) is 0. The maximum Gasteiger partial charge on any atom is 0.307 e. The van der Waals surface area contributed by atoms with Gasteiger partial charge in [0.15, 0.2) is 0 Å². The predicted molar refractivity (Wildman–Crippen MR) is 79.8 cm³/mol. The molecule has 0 aromatic heterocycles. The molecule has 2 N–H and O–H groups in total. The van der Waals surface area contributed by atoms with E-state index < -0.39 is 17.9 Å². The number of hydrogen-bond acceptors (Lipinski definition) is 2. The van der Waals surface area contributed by atoms with Gasteiger partial charge in [-0.3, -0.25) is 9.59 Å². The number of aliphatic carboxylic acids is 2. The third-order valence-electron chi connectivity index (χ3n) is 3.91. The molecule has 4 heteroatoms. The van der Waals surface area contributed by atoms with E-state index >= 15 is 0 Å². The van der Waals surface area contributed by atoms with Gasteiger partial charge in [0.1, 0.15) is 0 Å². The minimum atomic E-state index is -1.03. The highest BCUT2D eigenvalue weighted by Crippen LogP contribution is 2.22. The highest BCUT2D eigenvalue weighted by Gasteiger charge is 2.26. The lowest BCUT2D eigenvalue weighted by atomic mass is 9.87. The zero-order valence-electron chi connectivity index (χ0n) is 12.9. The van der Waals surface area contributed by atoms with E-state index in [-0.39, 0.29) is 12.3 Å². The standard InChI is InChI=1S/C16H30O4/c1-3-4-5-6-7-8-9-10-11-13(2)14(16(19)20)12-15(17)18/h13-14H,3-12H2,1-2H3,(H,17,18)(H,19,20). The van der Waals surface area contributed by atoms with Crippen LogP contribution in [0.1, 0.15) is 78.1 Å². The molecule has 0 aromatic rings. The van der Waals surface area contributed by atoms with E-state index in [2.05, 4.69) is 6.92 Å². The average molecular weight is 286 g/mol. The fraction of sp³-hybridized carbons (Fsp3) is 0.875. The second kappa shape index (κ2) is 11.7. The van der Waals surface area contributed by atoms with Crippen molar-refractivity contribution >= 4 is 11.9 Å². The van der Waals surface area contributed by atoms with E-state index in [1.807, 2.05) is 6.92 Å². The Kier molecular flexibility index (Phi) is 11.1. The van der Waals surface area contributed by atoms with Crippen molar-refractivity contribution in [3.63, 3.8) is 0 Å². The molecule has 0 heterocycles. The Morgan fingerprint density at radius 3 is 1.85 bits per heavy atom. The molecule has 2 unspecified atom stereocenters. The van der Waals surface area contributed by atoms with Crippen molar-refractivity contribution in [2.24, 2.45) is 11.8 Å². The van der Waals surface area contributed by atoms with E-state index in [1.54, 1.807) is 0 Å². The summed E-state index contributed by atoms with van der Waals surface area (Å²) < 4.78 is 0. The van der Waals surface area contributed by atoms with E-state index in [1.165, 1.54) is 38.5 Å². The Morgan fingerprint density at radius 1 is 0.900 bits per heavy atom. The molecule has 0 saturated carbocycles. The molecule has 0 aliphatic carbocycles. The summed E-state index contributed by atoms with van der Waals surface area (Å²) in [6, 6.07) is 0. The molecule has 0 aliphatic rings. The monoisotopic (exact) mass is 286 g/mol. The number of unbranched alkanes of at least 4 members (excludes halogenated alkanes) is 7. The SMILES string of the molecule is CCCCCCCCCCC(C)C(CC(=O)O)C(=O)O. The Balaban J connectivity index is 3.71. The third-order valence-corrected chi connectivity index (χ3v) is 3.91. The molecule has 0 saturated heterocycles. The van der Waals surface area contributed by atoms with Crippen LogP contribution in [0.5, 0.6) is 0 Å². The lowest BCUT2D eigenvalue weighted by Gasteiger charge is -2.18. The van der Waals surface area contributed by atoms with E-state index in [0.717, 1.165) is 19.3 Å². The Labute approximate surface area is 122 Å². The molecule has 0 fully saturated rings. The zero-order valence-corrected chi connectivity index (χ0v) is 12.9. The van der Waals surface area contributed by atoms with Gasteiger partial charge in [0.2, 0.25) is 0 Å². The number of rotatable bonds is 13. The number of carboxylic acid groups (broad SMARTS) is 2. The summed E-state index contributed by atoms with van der Waals surface area (Å²) in [4.78, 5) is 21.7. The number of hydrogen-bond donors (Lipinski definition) is 2. The van der Waals surface area contributed by atoms with Crippen LogP contribution >= 0.6 is 0 Å². The maximum atomic E-state index is 11.0. The molecule has 0 radical (unpaired) electrons. The summed E-state index contributed by atoms with van der Waals surface area (Å²) in [6.45, 7) is 4.06. The van der Waals surface area contributed by atoms with Gasteiger partial charge in [-0.25, -0.2) is 0 Å². The van der Waals surface area contributed by atoms with E-state index in [0.29, 0.717) is 0 Å². The largest absolute Gasteiger partial charge is 0.481 e. The summed E-state index contributed by atoms with van der Waals surface area (Å²) in [5, 5.41) is 17.8. The van der Waals surface area contributed by atoms with Crippen molar-refractivity contribution in [2.75, 3.05) is 0 Å². The second-order valence-electron chi connectivity index (χ2n) is 5.78. The van der Waals surface area contributed by atoms with Gasteiger partial charge in [0.05, 0.1) is 12.3 Å². The number of carbonyl (C=O) groups is 2. The van der Waals surface area contributed by atoms with Gasteiger partial charge in [0.25, 0.3) is 0 Å². The number of carboxylic acids is 2. The van der Waals surface area contributed by atoms with Gasteiger partial charge >= 0.3 is 11.9 Å². The maximum absolute atomic E-state index is 11.0. The van der Waals surface area contributed by atoms with Crippen molar-refractivity contribution in [2.45, 2.75) is 78.1 Å². The van der Waals surface area contributed by atoms with Crippen LogP contribution < -0.4 is 0 Å². The molecule has 0 aliphatic heterocycles. The van der Waals surface area contributed by atoms with E-state index in [9.17, 15) is 9.59 Å². The Bertz CT molecular complexity index is 276. The first-order chi connectivity index (χ1) is 9.49. The molecule has 0 spiro atoms. The summed E-state index contributed by atoms with van der Waals surface area (Å²) >= 11 is 0. The molecular weight excluding hydrogens is 256 g/mol. The molecule has 0 amide bonds. The zero-order chi connectivity index (χ0) is 15.4. The van der Waals surface area contributed by atoms with Crippen LogP contribution in [-0.2, 0) is 9.59 Å². The lowest BCUT2D eigenvalue weighted by molar-refractivity contribution is -0.150. The van der Waals surface area contributed by atoms with Gasteiger partial charge in [-0.05, 0) is 12.3 Å². The van der Waals surface area contributed by atoms with Gasteiger partial charge in [-0.1, -0.05) is 65.2 Å². The van der Waals surface area contributed by atoms with Gasteiger partial charge in [0, 0.05) is 0 Å². The molecule has 0 bridgehead atoms. The Morgan fingerprint density at radius 2 is 1.40 bits per heavy atom. The summed E-state index contributed by atoms with van der Waals surface area (Å²) in [6.07, 6.45) is 10.3. The lowest BCUT2D eigenvalue weighted by Crippen LogP contribution is -2.24. The second-order valence-corrected chi connectivity index (χ2v) is 5.78. The molecule has 4 nitrogen and oxygen atoms in total. The van der Waals surface area contributed by atoms with Crippen molar-refractivity contribution < 1.29 is 19.8 Å². The van der Waals surface area contributed by atoms with Crippen LogP contribution in [0.15, 0.2) is 0 Å². The first kappa shape index (κ1) is 18.9. The normalized spacial score (nSPS) is 13.9. The van der Waals surface area contributed by atoms with Crippen LogP contribution in [0, 0.1) is 11.8 Å². The first-order valence-corrected chi connectivity index (χ1v) is 7.93. The molecule has 0 aromatic carbocycles. The topological polar surface area (TPSA) is 74.6 Å². The average Bonchev–Trinajstić information content (AvgIpc) is 2.38. The van der Waals surface area contributed by atoms with Crippen molar-refractivity contribution in [3.8, 4) is 0 Å². The molecule has 20 heavy (non-hydrogen) atoms. The van der Waals surface area contributed by atoms with Crippen LogP contribution in [0.2, 0.25) is 0 Å². The smallest absolute Gasteiger partial charge is 0.307 e. The van der Waals surface area contributed by atoms with Crippen LogP contribution in [0.3, 0.4) is 0 Å². The third kappa shape index (κ3) is 9.82. The highest BCUT2D eigenvalue weighted by atomic mass is 16.4. The molecule has 118 valence electrons. The van der Waals surface area contributed by atoms with Crippen LogP contribution in [0.4, 0.5) is 0 Å². The van der Waals surface area contributed by atoms with Crippen molar-refractivity contribution in [1.82, 2.24) is 0 Å². The minimum Gasteiger partial charge on any atom is -0.481 e. The quantitative estimate of drug-likeness (QED) is 0.494. The minimum absolute atomic E-state index is 0.0660. The van der Waals surface area contributed by atoms with Gasteiger partial charge < -0.3 is 10.2 Å². The molecular formula is C16H30O4. The summed E-state index contributed by atoms with van der Waals surface area (Å²) in [7, 11) is 0. The van der Waals surface area contributed by atoms with Crippen LogP contribution in [-0.4, -0.2) is 22.2 Å². The van der Waals surface area contributed by atoms with Gasteiger partial charge in [-0.2, -0.15) is 0 Å². The summed E-state index contributed by atoms with van der Waals surface area (Å²) in [5.74, 6) is -2.83. The van der Waals surface area contributed by atoms with Crippen LogP contribution in [0.25, 0.3) is 0 Å². The van der Waals surface area contributed by atoms with E-state index in [4.69, 9.17) is 10.2 Å². The first-order valence-electron chi connectivity index (χ1n) is 7.93. The fourth-order valence-corrected chi connectivity index (χ4v) is 2.52. The highest BCUT2D eigenvalue weighted by molar-refractivity contribution is 5.77. The molecule has 0 rings (SSSR count).